The van der Waals surface area contributed by atoms with Gasteiger partial charge in [-0.15, -0.1) is 10.2 Å². The summed E-state index contributed by atoms with van der Waals surface area (Å²) >= 11 is 0. The Morgan fingerprint density at radius 2 is 2.17 bits per heavy atom. The van der Waals surface area contributed by atoms with Gasteiger partial charge in [0, 0.05) is 17.2 Å². The van der Waals surface area contributed by atoms with Gasteiger partial charge < -0.3 is 10.2 Å². The summed E-state index contributed by atoms with van der Waals surface area (Å²) in [5, 5.41) is 18.4. The van der Waals surface area contributed by atoms with Crippen molar-refractivity contribution in [3.63, 3.8) is 0 Å². The summed E-state index contributed by atoms with van der Waals surface area (Å²) in [6, 6.07) is 4.38. The van der Waals surface area contributed by atoms with Crippen LogP contribution < -0.4 is 5.73 Å². The zero-order chi connectivity index (χ0) is 13.3. The third-order valence-electron chi connectivity index (χ3n) is 2.48. The minimum absolute atomic E-state index is 0.0213. The first-order valence-electron chi connectivity index (χ1n) is 5.33. The molecule has 0 radical (unpaired) electrons. The first-order chi connectivity index (χ1) is 8.49. The van der Waals surface area contributed by atoms with Crippen LogP contribution in [0.3, 0.4) is 0 Å². The molecule has 7 nitrogen and oxygen atoms in total. The Labute approximate surface area is 103 Å². The second kappa shape index (κ2) is 4.53. The molecule has 1 heterocycles. The molecule has 0 saturated heterocycles. The van der Waals surface area contributed by atoms with Crippen molar-refractivity contribution in [3.8, 4) is 11.5 Å². The van der Waals surface area contributed by atoms with Gasteiger partial charge in [-0.2, -0.15) is 0 Å². The molecule has 0 spiro atoms. The molecule has 94 valence electrons. The lowest BCUT2D eigenvalue weighted by Gasteiger charge is -1.99. The van der Waals surface area contributed by atoms with Crippen molar-refractivity contribution in [2.45, 2.75) is 19.9 Å². The van der Waals surface area contributed by atoms with E-state index in [2.05, 4.69) is 10.2 Å². The molecule has 0 aliphatic carbocycles. The van der Waals surface area contributed by atoms with E-state index >= 15 is 0 Å². The molecule has 1 atom stereocenters. The summed E-state index contributed by atoms with van der Waals surface area (Å²) < 4.78 is 5.34. The highest BCUT2D eigenvalue weighted by atomic mass is 16.6. The van der Waals surface area contributed by atoms with Crippen molar-refractivity contribution in [2.75, 3.05) is 0 Å². The molecule has 1 aromatic heterocycles. The second-order valence-corrected chi connectivity index (χ2v) is 3.99. The van der Waals surface area contributed by atoms with Gasteiger partial charge in [0.05, 0.1) is 11.0 Å². The number of benzene rings is 1. The molecule has 0 aliphatic heterocycles. The van der Waals surface area contributed by atoms with Crippen LogP contribution >= 0.6 is 0 Å². The van der Waals surface area contributed by atoms with E-state index in [0.29, 0.717) is 17.0 Å². The van der Waals surface area contributed by atoms with E-state index in [9.17, 15) is 10.1 Å². The Hall–Kier alpha value is -2.28. The smallest absolute Gasteiger partial charge is 0.273 e. The summed E-state index contributed by atoms with van der Waals surface area (Å²) in [5.41, 5.74) is 6.71. The molecular weight excluding hydrogens is 236 g/mol. The summed E-state index contributed by atoms with van der Waals surface area (Å²) in [4.78, 5) is 10.4. The fourth-order valence-electron chi connectivity index (χ4n) is 1.47. The lowest BCUT2D eigenvalue weighted by Crippen LogP contribution is -2.04. The minimum atomic E-state index is -0.443. The summed E-state index contributed by atoms with van der Waals surface area (Å²) in [6.45, 7) is 3.39. The maximum Gasteiger partial charge on any atom is 0.273 e. The third kappa shape index (κ3) is 2.21. The molecule has 0 bridgehead atoms. The predicted molar refractivity (Wildman–Crippen MR) is 63.7 cm³/mol. The molecule has 18 heavy (non-hydrogen) atoms. The number of hydrogen-bond acceptors (Lipinski definition) is 6. The van der Waals surface area contributed by atoms with Gasteiger partial charge in [0.2, 0.25) is 11.8 Å². The third-order valence-corrected chi connectivity index (χ3v) is 2.48. The number of aromatic nitrogens is 2. The van der Waals surface area contributed by atoms with Crippen LogP contribution in [-0.4, -0.2) is 15.1 Å². The van der Waals surface area contributed by atoms with Crippen molar-refractivity contribution in [2.24, 2.45) is 5.73 Å². The molecule has 2 N–H and O–H groups in total. The lowest BCUT2D eigenvalue weighted by molar-refractivity contribution is -0.385. The molecule has 2 aromatic rings. The topological polar surface area (TPSA) is 108 Å². The van der Waals surface area contributed by atoms with Gasteiger partial charge in [-0.25, -0.2) is 0 Å². The van der Waals surface area contributed by atoms with Gasteiger partial charge in [0.15, 0.2) is 0 Å². The summed E-state index contributed by atoms with van der Waals surface area (Å²) in [7, 11) is 0. The van der Waals surface area contributed by atoms with Crippen LogP contribution in [0.1, 0.15) is 24.4 Å². The average Bonchev–Trinajstić information content (AvgIpc) is 2.78. The first-order valence-corrected chi connectivity index (χ1v) is 5.33. The molecule has 0 saturated carbocycles. The number of nitrogens with zero attached hydrogens (tertiary/aromatic N) is 3. The van der Waals surface area contributed by atoms with Crippen molar-refractivity contribution >= 4 is 5.69 Å². The molecule has 0 amide bonds. The van der Waals surface area contributed by atoms with E-state index in [1.165, 1.54) is 6.07 Å². The number of nitro groups is 1. The van der Waals surface area contributed by atoms with Crippen LogP contribution in [0.4, 0.5) is 5.69 Å². The van der Waals surface area contributed by atoms with Crippen LogP contribution in [0.15, 0.2) is 22.6 Å². The average molecular weight is 248 g/mol. The lowest BCUT2D eigenvalue weighted by atomic mass is 10.1. The van der Waals surface area contributed by atoms with Crippen molar-refractivity contribution < 1.29 is 9.34 Å². The highest BCUT2D eigenvalue weighted by Crippen LogP contribution is 2.26. The van der Waals surface area contributed by atoms with Gasteiger partial charge in [-0.05, 0) is 19.9 Å². The number of aryl methyl sites for hydroxylation is 1. The fraction of sp³-hybridized carbons (Fsp3) is 0.273. The Morgan fingerprint density at radius 1 is 1.44 bits per heavy atom. The van der Waals surface area contributed by atoms with Crippen molar-refractivity contribution in [1.82, 2.24) is 10.2 Å². The number of nitrogens with two attached hydrogens (primary N) is 1. The highest BCUT2D eigenvalue weighted by molar-refractivity contribution is 5.59. The van der Waals surface area contributed by atoms with E-state index in [0.717, 1.165) is 0 Å². The quantitative estimate of drug-likeness (QED) is 0.657. The summed E-state index contributed by atoms with van der Waals surface area (Å²) in [6.07, 6.45) is 0. The van der Waals surface area contributed by atoms with Crippen LogP contribution in [0.5, 0.6) is 0 Å². The molecule has 1 unspecified atom stereocenters. The molecule has 0 fully saturated rings. The molecule has 1 aromatic carbocycles. The Balaban J connectivity index is 2.44. The zero-order valence-corrected chi connectivity index (χ0v) is 9.95. The number of hydrogen-bond donors (Lipinski definition) is 1. The van der Waals surface area contributed by atoms with Gasteiger partial charge in [0.25, 0.3) is 5.69 Å². The fourth-order valence-corrected chi connectivity index (χ4v) is 1.47. The monoisotopic (exact) mass is 248 g/mol. The van der Waals surface area contributed by atoms with E-state index in [1.807, 2.05) is 0 Å². The molecular formula is C11H12N4O3. The largest absolute Gasteiger partial charge is 0.419 e. The maximum absolute atomic E-state index is 10.8. The van der Waals surface area contributed by atoms with Crippen LogP contribution in [-0.2, 0) is 0 Å². The highest BCUT2D eigenvalue weighted by Gasteiger charge is 2.16. The van der Waals surface area contributed by atoms with Gasteiger partial charge in [-0.3, -0.25) is 10.1 Å². The summed E-state index contributed by atoms with van der Waals surface area (Å²) in [5.74, 6) is 0.527. The Morgan fingerprint density at radius 3 is 2.72 bits per heavy atom. The van der Waals surface area contributed by atoms with E-state index < -0.39 is 4.92 Å². The normalized spacial score (nSPS) is 12.4. The SMILES string of the molecule is Cc1ccc(-c2nnc(C(C)N)o2)cc1[N+](=O)[O-]. The predicted octanol–water partition coefficient (Wildman–Crippen LogP) is 1.97. The van der Waals surface area contributed by atoms with Crippen molar-refractivity contribution in [1.29, 1.82) is 0 Å². The molecule has 7 heteroatoms. The number of rotatable bonds is 3. The first kappa shape index (κ1) is 12.2. The number of nitro benzene ring substituents is 1. The molecule has 2 rings (SSSR count). The van der Waals surface area contributed by atoms with E-state index in [4.69, 9.17) is 10.2 Å². The van der Waals surface area contributed by atoms with Gasteiger partial charge in [0.1, 0.15) is 0 Å². The van der Waals surface area contributed by atoms with Gasteiger partial charge >= 0.3 is 0 Å². The Kier molecular flexibility index (Phi) is 3.07. The van der Waals surface area contributed by atoms with E-state index in [1.54, 1.807) is 26.0 Å². The minimum Gasteiger partial charge on any atom is -0.419 e. The standard InChI is InChI=1S/C11H12N4O3/c1-6-3-4-8(5-9(6)15(16)17)11-14-13-10(18-11)7(2)12/h3-5,7H,12H2,1-2H3. The maximum atomic E-state index is 10.8. The zero-order valence-electron chi connectivity index (χ0n) is 9.95. The molecule has 0 aliphatic rings. The van der Waals surface area contributed by atoms with Crippen LogP contribution in [0.25, 0.3) is 11.5 Å². The van der Waals surface area contributed by atoms with Crippen LogP contribution in [0.2, 0.25) is 0 Å². The second-order valence-electron chi connectivity index (χ2n) is 3.99. The van der Waals surface area contributed by atoms with E-state index in [-0.39, 0.29) is 17.6 Å². The van der Waals surface area contributed by atoms with Crippen LogP contribution in [0, 0.1) is 17.0 Å². The Bertz CT molecular complexity index is 592. The van der Waals surface area contributed by atoms with Gasteiger partial charge in [-0.1, -0.05) is 6.07 Å². The van der Waals surface area contributed by atoms with Crippen molar-refractivity contribution in [3.05, 3.63) is 39.8 Å².